The van der Waals surface area contributed by atoms with Crippen LogP contribution in [0.25, 0.3) is 0 Å². The molecule has 4 heteroatoms. The fraction of sp³-hybridized carbons (Fsp3) is 0.125. The second-order valence-corrected chi connectivity index (χ2v) is 2.33. The highest BCUT2D eigenvalue weighted by atomic mass is 16.4. The van der Waals surface area contributed by atoms with Crippen LogP contribution in [0.1, 0.15) is 0 Å². The Hall–Kier alpha value is -1.71. The largest absolute Gasteiger partial charge is 0.506 e. The van der Waals surface area contributed by atoms with Crippen molar-refractivity contribution in [3.63, 3.8) is 0 Å². The molecule has 0 aliphatic carbocycles. The van der Waals surface area contributed by atoms with Crippen molar-refractivity contribution in [2.24, 2.45) is 0 Å². The number of carbonyl (C=O) groups is 1. The predicted octanol–water partition coefficient (Wildman–Crippen LogP) is 1.51. The van der Waals surface area contributed by atoms with Crippen LogP contribution in [0.3, 0.4) is 0 Å². The molecule has 0 heterocycles. The van der Waals surface area contributed by atoms with E-state index in [2.05, 4.69) is 0 Å². The second kappa shape index (κ2) is 3.13. The Morgan fingerprint density at radius 2 is 2.00 bits per heavy atom. The average Bonchev–Trinajstić information content (AvgIpc) is 2.04. The van der Waals surface area contributed by atoms with Gasteiger partial charge in [-0.3, -0.25) is 4.90 Å². The lowest BCUT2D eigenvalue weighted by Gasteiger charge is -2.13. The summed E-state index contributed by atoms with van der Waals surface area (Å²) in [5, 5.41) is 17.8. The van der Waals surface area contributed by atoms with Crippen LogP contribution in [0.5, 0.6) is 5.75 Å². The van der Waals surface area contributed by atoms with E-state index in [1.807, 2.05) is 0 Å². The van der Waals surface area contributed by atoms with Gasteiger partial charge in [-0.25, -0.2) is 4.79 Å². The topological polar surface area (TPSA) is 60.8 Å². The average molecular weight is 167 g/mol. The second-order valence-electron chi connectivity index (χ2n) is 2.33. The molecule has 2 N–H and O–H groups in total. The Morgan fingerprint density at radius 1 is 1.42 bits per heavy atom. The molecule has 12 heavy (non-hydrogen) atoms. The van der Waals surface area contributed by atoms with Crippen molar-refractivity contribution >= 4 is 11.8 Å². The van der Waals surface area contributed by atoms with Gasteiger partial charge in [0.2, 0.25) is 0 Å². The molecular weight excluding hydrogens is 158 g/mol. The molecule has 0 fully saturated rings. The number of phenols is 1. The van der Waals surface area contributed by atoms with Gasteiger partial charge in [0.15, 0.2) is 0 Å². The van der Waals surface area contributed by atoms with Crippen LogP contribution in [0.2, 0.25) is 0 Å². The summed E-state index contributed by atoms with van der Waals surface area (Å²) in [6, 6.07) is 6.27. The zero-order chi connectivity index (χ0) is 9.14. The minimum absolute atomic E-state index is 0.0394. The van der Waals surface area contributed by atoms with E-state index in [1.54, 1.807) is 12.1 Å². The maximum Gasteiger partial charge on any atom is 0.411 e. The standard InChI is InChI=1S/C8H9NO3/c1-9(8(11)12)6-4-2-3-5-7(6)10/h2-5,10H,1H3,(H,11,12). The molecule has 64 valence electrons. The van der Waals surface area contributed by atoms with Gasteiger partial charge >= 0.3 is 6.09 Å². The molecule has 1 rings (SSSR count). The molecule has 0 spiro atoms. The normalized spacial score (nSPS) is 9.42. The molecule has 0 aliphatic rings. The van der Waals surface area contributed by atoms with Gasteiger partial charge in [0, 0.05) is 7.05 Å². The Balaban J connectivity index is 3.02. The summed E-state index contributed by atoms with van der Waals surface area (Å²) in [6.07, 6.45) is -1.10. The Labute approximate surface area is 69.7 Å². The molecular formula is C8H9NO3. The molecule has 0 radical (unpaired) electrons. The first-order chi connectivity index (χ1) is 5.63. The van der Waals surface area contributed by atoms with Gasteiger partial charge in [-0.2, -0.15) is 0 Å². The highest BCUT2D eigenvalue weighted by molar-refractivity contribution is 5.87. The van der Waals surface area contributed by atoms with Gasteiger partial charge in [0.1, 0.15) is 5.75 Å². The van der Waals surface area contributed by atoms with Crippen molar-refractivity contribution in [1.29, 1.82) is 0 Å². The van der Waals surface area contributed by atoms with Gasteiger partial charge in [-0.05, 0) is 12.1 Å². The monoisotopic (exact) mass is 167 g/mol. The van der Waals surface area contributed by atoms with Crippen molar-refractivity contribution in [3.8, 4) is 5.75 Å². The van der Waals surface area contributed by atoms with Crippen LogP contribution < -0.4 is 4.90 Å². The molecule has 4 nitrogen and oxygen atoms in total. The maximum absolute atomic E-state index is 10.5. The van der Waals surface area contributed by atoms with E-state index in [0.29, 0.717) is 0 Å². The third-order valence-corrected chi connectivity index (χ3v) is 1.53. The highest BCUT2D eigenvalue weighted by Crippen LogP contribution is 2.24. The molecule has 0 unspecified atom stereocenters. The lowest BCUT2D eigenvalue weighted by atomic mass is 10.3. The lowest BCUT2D eigenvalue weighted by molar-refractivity contribution is 0.203. The number of rotatable bonds is 1. The number of amides is 1. The van der Waals surface area contributed by atoms with E-state index in [1.165, 1.54) is 19.2 Å². The summed E-state index contributed by atoms with van der Waals surface area (Å²) in [5.41, 5.74) is 0.282. The maximum atomic E-state index is 10.5. The SMILES string of the molecule is CN(C(=O)O)c1ccccc1O. The Morgan fingerprint density at radius 3 is 2.50 bits per heavy atom. The number of aromatic hydroxyl groups is 1. The summed E-state index contributed by atoms with van der Waals surface area (Å²) in [5.74, 6) is -0.0394. The smallest absolute Gasteiger partial charge is 0.411 e. The van der Waals surface area contributed by atoms with E-state index >= 15 is 0 Å². The van der Waals surface area contributed by atoms with Crippen LogP contribution >= 0.6 is 0 Å². The van der Waals surface area contributed by atoms with Gasteiger partial charge in [-0.15, -0.1) is 0 Å². The number of benzene rings is 1. The Kier molecular flexibility index (Phi) is 2.19. The first kappa shape index (κ1) is 8.39. The van der Waals surface area contributed by atoms with Crippen molar-refractivity contribution in [1.82, 2.24) is 0 Å². The molecule has 0 aromatic heterocycles. The number of hydrogen-bond acceptors (Lipinski definition) is 2. The third kappa shape index (κ3) is 1.47. The van der Waals surface area contributed by atoms with Gasteiger partial charge in [0.25, 0.3) is 0 Å². The van der Waals surface area contributed by atoms with Crippen molar-refractivity contribution in [2.45, 2.75) is 0 Å². The minimum atomic E-state index is -1.10. The summed E-state index contributed by atoms with van der Waals surface area (Å²) in [4.78, 5) is 11.4. The van der Waals surface area contributed by atoms with Gasteiger partial charge in [-0.1, -0.05) is 12.1 Å². The molecule has 1 aromatic carbocycles. The van der Waals surface area contributed by atoms with E-state index in [-0.39, 0.29) is 11.4 Å². The van der Waals surface area contributed by atoms with Crippen molar-refractivity contribution in [2.75, 3.05) is 11.9 Å². The Bertz CT molecular complexity index is 298. The number of anilines is 1. The fourth-order valence-electron chi connectivity index (χ4n) is 0.851. The zero-order valence-corrected chi connectivity index (χ0v) is 6.56. The number of para-hydroxylation sites is 2. The molecule has 0 saturated heterocycles. The van der Waals surface area contributed by atoms with Gasteiger partial charge < -0.3 is 10.2 Å². The number of nitrogens with zero attached hydrogens (tertiary/aromatic N) is 1. The quantitative estimate of drug-likeness (QED) is 0.666. The summed E-state index contributed by atoms with van der Waals surface area (Å²) >= 11 is 0. The molecule has 0 bridgehead atoms. The third-order valence-electron chi connectivity index (χ3n) is 1.53. The zero-order valence-electron chi connectivity index (χ0n) is 6.56. The van der Waals surface area contributed by atoms with E-state index < -0.39 is 6.09 Å². The van der Waals surface area contributed by atoms with Gasteiger partial charge in [0.05, 0.1) is 5.69 Å². The number of hydrogen-bond donors (Lipinski definition) is 2. The predicted molar refractivity (Wildman–Crippen MR) is 44.5 cm³/mol. The first-order valence-electron chi connectivity index (χ1n) is 3.37. The number of phenolic OH excluding ortho intramolecular Hbond substituents is 1. The summed E-state index contributed by atoms with van der Waals surface area (Å²) in [6.45, 7) is 0. The summed E-state index contributed by atoms with van der Waals surface area (Å²) in [7, 11) is 1.37. The van der Waals surface area contributed by atoms with E-state index in [4.69, 9.17) is 5.11 Å². The molecule has 1 aromatic rings. The molecule has 0 atom stereocenters. The lowest BCUT2D eigenvalue weighted by Crippen LogP contribution is -2.23. The van der Waals surface area contributed by atoms with E-state index in [0.717, 1.165) is 4.90 Å². The van der Waals surface area contributed by atoms with E-state index in [9.17, 15) is 9.90 Å². The van der Waals surface area contributed by atoms with Crippen molar-refractivity contribution < 1.29 is 15.0 Å². The van der Waals surface area contributed by atoms with Crippen LogP contribution in [-0.2, 0) is 0 Å². The van der Waals surface area contributed by atoms with Crippen LogP contribution in [0.4, 0.5) is 10.5 Å². The van der Waals surface area contributed by atoms with Crippen LogP contribution in [0, 0.1) is 0 Å². The molecule has 0 aliphatic heterocycles. The van der Waals surface area contributed by atoms with Crippen LogP contribution in [0.15, 0.2) is 24.3 Å². The summed E-state index contributed by atoms with van der Waals surface area (Å²) < 4.78 is 0. The number of carboxylic acid groups (broad SMARTS) is 1. The molecule has 1 amide bonds. The first-order valence-corrected chi connectivity index (χ1v) is 3.37. The molecule has 0 saturated carbocycles. The minimum Gasteiger partial charge on any atom is -0.506 e. The fourth-order valence-corrected chi connectivity index (χ4v) is 0.851. The highest BCUT2D eigenvalue weighted by Gasteiger charge is 2.10. The van der Waals surface area contributed by atoms with Crippen LogP contribution in [-0.4, -0.2) is 23.4 Å². The van der Waals surface area contributed by atoms with Crippen molar-refractivity contribution in [3.05, 3.63) is 24.3 Å².